The van der Waals surface area contributed by atoms with Crippen LogP contribution in [0.1, 0.15) is 17.1 Å². The normalized spacial score (nSPS) is 10.6. The number of hydrazone groups is 1. The first kappa shape index (κ1) is 27.2. The van der Waals surface area contributed by atoms with E-state index in [0.29, 0.717) is 27.2 Å². The van der Waals surface area contributed by atoms with Crippen molar-refractivity contribution in [2.45, 2.75) is 13.5 Å². The van der Waals surface area contributed by atoms with E-state index in [1.165, 1.54) is 43.7 Å². The number of nitrogens with zero attached hydrogens (tertiary/aromatic N) is 1. The summed E-state index contributed by atoms with van der Waals surface area (Å²) in [5.74, 6) is -2.85. The zero-order valence-electron chi connectivity index (χ0n) is 19.6. The summed E-state index contributed by atoms with van der Waals surface area (Å²) in [7, 11) is 1.44. The summed E-state index contributed by atoms with van der Waals surface area (Å²) in [5, 5.41) is 11.5. The smallest absolute Gasteiger partial charge is 0.329 e. The van der Waals surface area contributed by atoms with Gasteiger partial charge in [-0.3, -0.25) is 19.2 Å². The lowest BCUT2D eigenvalue weighted by Crippen LogP contribution is -2.34. The van der Waals surface area contributed by atoms with Gasteiger partial charge >= 0.3 is 23.6 Å². The van der Waals surface area contributed by atoms with Gasteiger partial charge in [0.05, 0.1) is 25.6 Å². The number of halogens is 2. The number of carbonyl (C=O) groups excluding carboxylic acids is 4. The molecule has 0 aliphatic heterocycles. The Kier molecular flexibility index (Phi) is 9.25. The predicted octanol–water partition coefficient (Wildman–Crippen LogP) is 3.25. The average molecular weight is 546 g/mol. The number of benzene rings is 2. The van der Waals surface area contributed by atoms with Gasteiger partial charge in [0.25, 0.3) is 0 Å². The third-order valence-corrected chi connectivity index (χ3v) is 5.04. The fourth-order valence-corrected chi connectivity index (χ4v) is 3.45. The lowest BCUT2D eigenvalue weighted by atomic mass is 10.2. The molecule has 37 heavy (non-hydrogen) atoms. The van der Waals surface area contributed by atoms with Crippen LogP contribution in [0.4, 0.5) is 11.4 Å². The first-order chi connectivity index (χ1) is 17.6. The molecule has 1 heterocycles. The van der Waals surface area contributed by atoms with E-state index >= 15 is 0 Å². The number of ether oxygens (including phenoxy) is 1. The number of furan rings is 1. The molecule has 13 heteroatoms. The monoisotopic (exact) mass is 545 g/mol. The highest BCUT2D eigenvalue weighted by Gasteiger charge is 2.16. The van der Waals surface area contributed by atoms with Crippen molar-refractivity contribution in [3.63, 3.8) is 0 Å². The molecule has 3 aromatic rings. The van der Waals surface area contributed by atoms with Crippen molar-refractivity contribution >= 4 is 64.4 Å². The maximum atomic E-state index is 12.1. The van der Waals surface area contributed by atoms with Crippen LogP contribution in [0.2, 0.25) is 10.0 Å². The fraction of sp³-hybridized carbons (Fsp3) is 0.125. The quantitative estimate of drug-likeness (QED) is 0.203. The van der Waals surface area contributed by atoms with Gasteiger partial charge in [0.1, 0.15) is 17.3 Å². The molecule has 0 atom stereocenters. The van der Waals surface area contributed by atoms with Crippen molar-refractivity contribution < 1.29 is 28.3 Å². The van der Waals surface area contributed by atoms with E-state index in [0.717, 1.165) is 5.56 Å². The first-order valence-corrected chi connectivity index (χ1v) is 11.3. The Morgan fingerprint density at radius 3 is 2.32 bits per heavy atom. The van der Waals surface area contributed by atoms with Gasteiger partial charge < -0.3 is 25.1 Å². The van der Waals surface area contributed by atoms with Gasteiger partial charge in [-0.25, -0.2) is 5.43 Å². The number of hydrogen-bond donors (Lipinski definition) is 4. The summed E-state index contributed by atoms with van der Waals surface area (Å²) in [5.41, 5.74) is 3.56. The Labute approximate surface area is 221 Å². The van der Waals surface area contributed by atoms with Crippen molar-refractivity contribution in [2.24, 2.45) is 5.10 Å². The molecule has 11 nitrogen and oxygen atoms in total. The molecular formula is C24H21Cl2N5O6. The molecule has 0 unspecified atom stereocenters. The molecule has 0 radical (unpaired) electrons. The van der Waals surface area contributed by atoms with Gasteiger partial charge in [-0.2, -0.15) is 5.10 Å². The predicted molar refractivity (Wildman–Crippen MR) is 138 cm³/mol. The molecule has 0 aliphatic rings. The number of anilines is 2. The number of amides is 4. The Morgan fingerprint density at radius 2 is 1.62 bits per heavy atom. The molecule has 0 fully saturated rings. The van der Waals surface area contributed by atoms with Crippen LogP contribution in [0, 0.1) is 6.92 Å². The second-order valence-corrected chi connectivity index (χ2v) is 8.33. The van der Waals surface area contributed by atoms with Gasteiger partial charge in [0.15, 0.2) is 0 Å². The standard InChI is InChI=1S/C24H21Cl2N5O6/c1-13-3-6-20(36-2)19(7-13)30-23(34)24(35)31-28-12-18-5-4-17(37-18)11-27-21(32)22(33)29-16-9-14(25)8-15(26)10-16/h3-10,12H,11H2,1-2H3,(H,27,32)(H,29,33)(H,30,34)(H,31,35)/b28-12+. The summed E-state index contributed by atoms with van der Waals surface area (Å²) >= 11 is 11.7. The Hall–Kier alpha value is -4.35. The number of hydrogen-bond acceptors (Lipinski definition) is 7. The number of rotatable bonds is 7. The largest absolute Gasteiger partial charge is 0.495 e. The van der Waals surface area contributed by atoms with Crippen LogP contribution in [0.25, 0.3) is 0 Å². The highest BCUT2D eigenvalue weighted by atomic mass is 35.5. The molecule has 4 amide bonds. The van der Waals surface area contributed by atoms with Crippen molar-refractivity contribution in [3.05, 3.63) is 75.7 Å². The number of carbonyl (C=O) groups is 4. The van der Waals surface area contributed by atoms with Crippen molar-refractivity contribution in [3.8, 4) is 5.75 Å². The van der Waals surface area contributed by atoms with Crippen LogP contribution in [-0.4, -0.2) is 37.0 Å². The maximum absolute atomic E-state index is 12.1. The van der Waals surface area contributed by atoms with Gasteiger partial charge in [0, 0.05) is 15.7 Å². The van der Waals surface area contributed by atoms with E-state index in [9.17, 15) is 19.2 Å². The Bertz CT molecular complexity index is 1350. The molecule has 2 aromatic carbocycles. The van der Waals surface area contributed by atoms with Crippen LogP contribution >= 0.6 is 23.2 Å². The summed E-state index contributed by atoms with van der Waals surface area (Å²) < 4.78 is 10.6. The Morgan fingerprint density at radius 1 is 0.919 bits per heavy atom. The van der Waals surface area contributed by atoms with Crippen molar-refractivity contribution in [1.29, 1.82) is 0 Å². The topological polar surface area (TPSA) is 151 Å². The fourth-order valence-electron chi connectivity index (χ4n) is 2.92. The highest BCUT2D eigenvalue weighted by Crippen LogP contribution is 2.25. The molecule has 3 rings (SSSR count). The zero-order chi connectivity index (χ0) is 26.9. The zero-order valence-corrected chi connectivity index (χ0v) is 21.1. The minimum absolute atomic E-state index is 0.0938. The van der Waals surface area contributed by atoms with E-state index in [1.54, 1.807) is 18.2 Å². The van der Waals surface area contributed by atoms with Gasteiger partial charge in [-0.05, 0) is 55.0 Å². The molecule has 0 saturated carbocycles. The SMILES string of the molecule is COc1ccc(C)cc1NC(=O)C(=O)N/N=C/c1ccc(CNC(=O)C(=O)Nc2cc(Cl)cc(Cl)c2)o1. The minimum Gasteiger partial charge on any atom is -0.495 e. The van der Waals surface area contributed by atoms with Gasteiger partial charge in [0.2, 0.25) is 0 Å². The second kappa shape index (κ2) is 12.6. The molecule has 0 spiro atoms. The summed E-state index contributed by atoms with van der Waals surface area (Å²) in [6.07, 6.45) is 1.17. The maximum Gasteiger partial charge on any atom is 0.329 e. The summed E-state index contributed by atoms with van der Waals surface area (Å²) in [6, 6.07) is 12.6. The molecule has 0 bridgehead atoms. The second-order valence-electron chi connectivity index (χ2n) is 7.46. The highest BCUT2D eigenvalue weighted by molar-refractivity contribution is 6.40. The third-order valence-electron chi connectivity index (χ3n) is 4.60. The van der Waals surface area contributed by atoms with E-state index in [-0.39, 0.29) is 18.0 Å². The number of methoxy groups -OCH3 is 1. The number of aryl methyl sites for hydroxylation is 1. The van der Waals surface area contributed by atoms with Crippen molar-refractivity contribution in [2.75, 3.05) is 17.7 Å². The van der Waals surface area contributed by atoms with Gasteiger partial charge in [-0.1, -0.05) is 29.3 Å². The van der Waals surface area contributed by atoms with E-state index < -0.39 is 23.6 Å². The lowest BCUT2D eigenvalue weighted by molar-refractivity contribution is -0.136. The van der Waals surface area contributed by atoms with E-state index in [4.69, 9.17) is 32.4 Å². The molecule has 0 saturated heterocycles. The molecule has 1 aromatic heterocycles. The lowest BCUT2D eigenvalue weighted by Gasteiger charge is -2.10. The molecular weight excluding hydrogens is 525 g/mol. The van der Waals surface area contributed by atoms with Crippen LogP contribution in [0.5, 0.6) is 5.75 Å². The van der Waals surface area contributed by atoms with E-state index in [1.807, 2.05) is 6.92 Å². The van der Waals surface area contributed by atoms with E-state index in [2.05, 4.69) is 26.5 Å². The van der Waals surface area contributed by atoms with Crippen LogP contribution in [-0.2, 0) is 25.7 Å². The van der Waals surface area contributed by atoms with Crippen LogP contribution in [0.3, 0.4) is 0 Å². The molecule has 192 valence electrons. The Balaban J connectivity index is 1.46. The summed E-state index contributed by atoms with van der Waals surface area (Å²) in [6.45, 7) is 1.73. The first-order valence-electron chi connectivity index (χ1n) is 10.6. The third kappa shape index (κ3) is 8.09. The van der Waals surface area contributed by atoms with Crippen molar-refractivity contribution in [1.82, 2.24) is 10.7 Å². The average Bonchev–Trinajstić information content (AvgIpc) is 3.29. The molecule has 0 aliphatic carbocycles. The number of nitrogens with one attached hydrogen (secondary N) is 4. The van der Waals surface area contributed by atoms with Crippen LogP contribution in [0.15, 0.2) is 58.0 Å². The summed E-state index contributed by atoms with van der Waals surface area (Å²) in [4.78, 5) is 48.3. The minimum atomic E-state index is -1.01. The molecule has 4 N–H and O–H groups in total. The van der Waals surface area contributed by atoms with Crippen LogP contribution < -0.4 is 26.1 Å². The van der Waals surface area contributed by atoms with Gasteiger partial charge in [-0.15, -0.1) is 0 Å².